The Labute approximate surface area is 99.0 Å². The molecule has 1 atom stereocenters. The molecular formula is C12H14N2OS. The van der Waals surface area contributed by atoms with Crippen molar-refractivity contribution in [3.63, 3.8) is 0 Å². The summed E-state index contributed by atoms with van der Waals surface area (Å²) in [4.78, 5) is 13.3. The van der Waals surface area contributed by atoms with Crippen LogP contribution in [0.1, 0.15) is 17.5 Å². The van der Waals surface area contributed by atoms with Gasteiger partial charge in [0.2, 0.25) is 5.91 Å². The third-order valence-corrected chi connectivity index (χ3v) is 4.43. The number of nitrogens with one attached hydrogen (secondary N) is 2. The predicted molar refractivity (Wildman–Crippen MR) is 64.3 cm³/mol. The van der Waals surface area contributed by atoms with Crippen molar-refractivity contribution in [2.24, 2.45) is 0 Å². The van der Waals surface area contributed by atoms with Crippen molar-refractivity contribution in [3.05, 3.63) is 29.3 Å². The van der Waals surface area contributed by atoms with E-state index < -0.39 is 5.54 Å². The summed E-state index contributed by atoms with van der Waals surface area (Å²) in [6.45, 7) is 2.65. The Kier molecular flexibility index (Phi) is 2.23. The fourth-order valence-electron chi connectivity index (χ4n) is 2.48. The van der Waals surface area contributed by atoms with E-state index in [2.05, 4.69) is 35.8 Å². The molecule has 16 heavy (non-hydrogen) atoms. The minimum atomic E-state index is -0.466. The second kappa shape index (κ2) is 3.50. The summed E-state index contributed by atoms with van der Waals surface area (Å²) in [5, 5.41) is 6.21. The second-order valence-corrected chi connectivity index (χ2v) is 5.50. The molecule has 0 aliphatic carbocycles. The van der Waals surface area contributed by atoms with E-state index in [1.54, 1.807) is 0 Å². The highest BCUT2D eigenvalue weighted by Gasteiger charge is 2.46. The number of benzene rings is 1. The molecule has 2 N–H and O–H groups in total. The number of hydrogen-bond acceptors (Lipinski definition) is 3. The van der Waals surface area contributed by atoms with E-state index in [1.165, 1.54) is 10.5 Å². The number of amides is 1. The summed E-state index contributed by atoms with van der Waals surface area (Å²) >= 11 is 1.84. The monoisotopic (exact) mass is 234 g/mol. The van der Waals surface area contributed by atoms with Crippen molar-refractivity contribution in [1.29, 1.82) is 0 Å². The number of carbonyl (C=O) groups is 1. The van der Waals surface area contributed by atoms with Crippen molar-refractivity contribution >= 4 is 17.7 Å². The van der Waals surface area contributed by atoms with Crippen LogP contribution >= 0.6 is 11.8 Å². The SMILES string of the molecule is Cc1ccc2c(c1)C1(CCS2)NCNC1=O. The molecule has 0 saturated carbocycles. The van der Waals surface area contributed by atoms with Crippen LogP contribution in [0.15, 0.2) is 23.1 Å². The lowest BCUT2D eigenvalue weighted by Gasteiger charge is -2.33. The summed E-state index contributed by atoms with van der Waals surface area (Å²) < 4.78 is 0. The number of hydrogen-bond donors (Lipinski definition) is 2. The fourth-order valence-corrected chi connectivity index (χ4v) is 3.66. The van der Waals surface area contributed by atoms with Gasteiger partial charge in [-0.25, -0.2) is 0 Å². The van der Waals surface area contributed by atoms with E-state index in [9.17, 15) is 4.79 Å². The zero-order valence-corrected chi connectivity index (χ0v) is 9.99. The van der Waals surface area contributed by atoms with Crippen LogP contribution in [-0.4, -0.2) is 18.3 Å². The van der Waals surface area contributed by atoms with Crippen molar-refractivity contribution in [2.45, 2.75) is 23.8 Å². The van der Waals surface area contributed by atoms with Crippen LogP contribution in [0.5, 0.6) is 0 Å². The molecule has 84 valence electrons. The standard InChI is InChI=1S/C12H14N2OS/c1-8-2-3-10-9(6-8)12(4-5-16-10)11(15)13-7-14-12/h2-3,6,14H,4-5,7H2,1H3,(H,13,15). The number of thioether (sulfide) groups is 1. The summed E-state index contributed by atoms with van der Waals surface area (Å²) in [7, 11) is 0. The Bertz CT molecular complexity index is 460. The van der Waals surface area contributed by atoms with Gasteiger partial charge in [-0.15, -0.1) is 11.8 Å². The van der Waals surface area contributed by atoms with Gasteiger partial charge in [-0.3, -0.25) is 10.1 Å². The van der Waals surface area contributed by atoms with Gasteiger partial charge in [0, 0.05) is 10.6 Å². The largest absolute Gasteiger partial charge is 0.342 e. The lowest BCUT2D eigenvalue weighted by molar-refractivity contribution is -0.124. The highest BCUT2D eigenvalue weighted by atomic mass is 32.2. The zero-order valence-electron chi connectivity index (χ0n) is 9.17. The van der Waals surface area contributed by atoms with Crippen LogP contribution in [0.3, 0.4) is 0 Å². The van der Waals surface area contributed by atoms with Gasteiger partial charge in [-0.1, -0.05) is 17.7 Å². The molecule has 1 spiro atoms. The summed E-state index contributed by atoms with van der Waals surface area (Å²) in [5.74, 6) is 1.12. The molecule has 1 fully saturated rings. The first-order chi connectivity index (χ1) is 7.72. The predicted octanol–water partition coefficient (Wildman–Crippen LogP) is 1.36. The normalized spacial score (nSPS) is 27.9. The lowest BCUT2D eigenvalue weighted by atomic mass is 9.86. The van der Waals surface area contributed by atoms with Gasteiger partial charge in [-0.2, -0.15) is 0 Å². The van der Waals surface area contributed by atoms with Gasteiger partial charge < -0.3 is 5.32 Å². The maximum atomic E-state index is 12.0. The van der Waals surface area contributed by atoms with Crippen LogP contribution in [0.25, 0.3) is 0 Å². The van der Waals surface area contributed by atoms with Crippen LogP contribution in [0.2, 0.25) is 0 Å². The van der Waals surface area contributed by atoms with Crippen molar-refractivity contribution in [2.75, 3.05) is 12.4 Å². The Balaban J connectivity index is 2.18. The number of aryl methyl sites for hydroxylation is 1. The molecule has 1 aromatic carbocycles. The molecule has 4 heteroatoms. The summed E-state index contributed by atoms with van der Waals surface area (Å²) in [6.07, 6.45) is 0.875. The molecule has 1 unspecified atom stereocenters. The average molecular weight is 234 g/mol. The van der Waals surface area contributed by atoms with Gasteiger partial charge >= 0.3 is 0 Å². The number of rotatable bonds is 0. The quantitative estimate of drug-likeness (QED) is 0.712. The first kappa shape index (κ1) is 10.2. The van der Waals surface area contributed by atoms with E-state index in [1.807, 2.05) is 11.8 Å². The molecule has 1 saturated heterocycles. The molecule has 0 aromatic heterocycles. The molecule has 1 amide bonds. The summed E-state index contributed by atoms with van der Waals surface area (Å²) in [6, 6.07) is 6.38. The minimum absolute atomic E-state index is 0.125. The van der Waals surface area contributed by atoms with Crippen LogP contribution in [0.4, 0.5) is 0 Å². The molecule has 2 aliphatic rings. The molecule has 3 nitrogen and oxygen atoms in total. The van der Waals surface area contributed by atoms with Crippen LogP contribution in [0, 0.1) is 6.92 Å². The van der Waals surface area contributed by atoms with E-state index in [4.69, 9.17) is 0 Å². The third kappa shape index (κ3) is 1.30. The Hall–Kier alpha value is -1.00. The van der Waals surface area contributed by atoms with Crippen LogP contribution in [-0.2, 0) is 10.3 Å². The van der Waals surface area contributed by atoms with Gasteiger partial charge in [0.25, 0.3) is 0 Å². The van der Waals surface area contributed by atoms with E-state index in [0.717, 1.165) is 17.7 Å². The van der Waals surface area contributed by atoms with Gasteiger partial charge in [0.05, 0.1) is 6.67 Å². The fraction of sp³-hybridized carbons (Fsp3) is 0.417. The molecule has 2 heterocycles. The lowest BCUT2D eigenvalue weighted by Crippen LogP contribution is -2.45. The molecule has 0 radical (unpaired) electrons. The highest BCUT2D eigenvalue weighted by molar-refractivity contribution is 7.99. The second-order valence-electron chi connectivity index (χ2n) is 4.36. The van der Waals surface area contributed by atoms with Gasteiger partial charge in [0.1, 0.15) is 5.54 Å². The van der Waals surface area contributed by atoms with E-state index in [-0.39, 0.29) is 5.91 Å². The molecule has 1 aromatic rings. The van der Waals surface area contributed by atoms with Gasteiger partial charge in [0.15, 0.2) is 0 Å². The molecule has 2 aliphatic heterocycles. The summed E-state index contributed by atoms with van der Waals surface area (Å²) in [5.41, 5.74) is 1.90. The van der Waals surface area contributed by atoms with Crippen molar-refractivity contribution in [3.8, 4) is 0 Å². The number of carbonyl (C=O) groups excluding carboxylic acids is 1. The van der Waals surface area contributed by atoms with Crippen molar-refractivity contribution in [1.82, 2.24) is 10.6 Å². The van der Waals surface area contributed by atoms with Gasteiger partial charge in [-0.05, 0) is 25.0 Å². The Morgan fingerprint density at radius 2 is 2.31 bits per heavy atom. The highest BCUT2D eigenvalue weighted by Crippen LogP contribution is 2.41. The molecular weight excluding hydrogens is 220 g/mol. The van der Waals surface area contributed by atoms with E-state index in [0.29, 0.717) is 6.67 Å². The maximum Gasteiger partial charge on any atom is 0.246 e. The number of fused-ring (bicyclic) bond motifs is 2. The smallest absolute Gasteiger partial charge is 0.246 e. The zero-order chi connectivity index (χ0) is 11.2. The average Bonchev–Trinajstić information content (AvgIpc) is 2.63. The maximum absolute atomic E-state index is 12.0. The van der Waals surface area contributed by atoms with Crippen LogP contribution < -0.4 is 10.6 Å². The molecule has 0 bridgehead atoms. The first-order valence-corrected chi connectivity index (χ1v) is 6.48. The Morgan fingerprint density at radius 1 is 1.44 bits per heavy atom. The van der Waals surface area contributed by atoms with Crippen molar-refractivity contribution < 1.29 is 4.79 Å². The topological polar surface area (TPSA) is 41.1 Å². The third-order valence-electron chi connectivity index (χ3n) is 3.36. The van der Waals surface area contributed by atoms with E-state index >= 15 is 0 Å². The minimum Gasteiger partial charge on any atom is -0.342 e. The molecule has 3 rings (SSSR count). The Morgan fingerprint density at radius 3 is 3.06 bits per heavy atom. The first-order valence-electron chi connectivity index (χ1n) is 5.50.